The van der Waals surface area contributed by atoms with Gasteiger partial charge in [-0.1, -0.05) is 82.3 Å². The number of aromatic nitrogens is 4. The largest absolute Gasteiger partial charge is 0.355 e. The average molecular weight is 528 g/mol. The molecule has 2 aliphatic carbocycles. The van der Waals surface area contributed by atoms with Crippen LogP contribution in [0.4, 0.5) is 0 Å². The van der Waals surface area contributed by atoms with E-state index in [0.29, 0.717) is 29.2 Å². The first-order chi connectivity index (χ1) is 18.3. The molecule has 3 atom stereocenters. The van der Waals surface area contributed by atoms with E-state index < -0.39 is 0 Å². The summed E-state index contributed by atoms with van der Waals surface area (Å²) in [6, 6.07) is 15.2. The number of nitrogens with zero attached hydrogens (tertiary/aromatic N) is 3. The maximum atomic E-state index is 12.9. The Kier molecular flexibility index (Phi) is 6.45. The zero-order valence-corrected chi connectivity index (χ0v) is 23.6. The van der Waals surface area contributed by atoms with Gasteiger partial charge in [0.2, 0.25) is 11.1 Å². The quantitative estimate of drug-likeness (QED) is 0.278. The van der Waals surface area contributed by atoms with Crippen molar-refractivity contribution < 1.29 is 4.79 Å². The number of aromatic amines is 1. The van der Waals surface area contributed by atoms with Crippen LogP contribution in [0.25, 0.3) is 22.1 Å². The van der Waals surface area contributed by atoms with Gasteiger partial charge in [-0.05, 0) is 71.1 Å². The smallest absolute Gasteiger partial charge is 0.230 e. The summed E-state index contributed by atoms with van der Waals surface area (Å²) in [6.45, 7) is 10.1. The third-order valence-electron chi connectivity index (χ3n) is 9.29. The maximum Gasteiger partial charge on any atom is 0.230 e. The highest BCUT2D eigenvalue weighted by molar-refractivity contribution is 7.99. The lowest BCUT2D eigenvalue weighted by atomic mass is 9.49. The molecule has 2 N–H and O–H groups in total. The van der Waals surface area contributed by atoms with Crippen LogP contribution in [0.1, 0.15) is 76.0 Å². The summed E-state index contributed by atoms with van der Waals surface area (Å²) in [7, 11) is 0. The van der Waals surface area contributed by atoms with Crippen molar-refractivity contribution in [2.75, 3.05) is 12.3 Å². The summed E-state index contributed by atoms with van der Waals surface area (Å²) in [5.74, 6) is 1.43. The van der Waals surface area contributed by atoms with E-state index >= 15 is 0 Å². The summed E-state index contributed by atoms with van der Waals surface area (Å²) in [5.41, 5.74) is 7.24. The molecule has 6 rings (SSSR count). The van der Waals surface area contributed by atoms with Crippen LogP contribution < -0.4 is 5.32 Å². The normalized spacial score (nSPS) is 24.9. The lowest BCUT2D eigenvalue weighted by molar-refractivity contribution is -0.119. The van der Waals surface area contributed by atoms with Gasteiger partial charge in [-0.3, -0.25) is 4.79 Å². The van der Waals surface area contributed by atoms with E-state index in [1.54, 1.807) is 11.1 Å². The fourth-order valence-corrected chi connectivity index (χ4v) is 7.88. The van der Waals surface area contributed by atoms with Gasteiger partial charge in [0.25, 0.3) is 0 Å². The van der Waals surface area contributed by atoms with E-state index in [0.717, 1.165) is 29.3 Å². The standard InChI is InChI=1S/C31H37N5OS/c1-19(2)20-10-12-23-21(16-20)11-13-25-30(3,14-7-15-31(23,25)4)18-32-26(37)17-38-29-34-28-27(35-36-29)22-8-5-6-9-24(22)33-28/h5-6,8-10,12,16,19,25H,7,11,13-15,17-18H2,1-4H3,(H,32,37)(H,33,34,36). The molecule has 198 valence electrons. The highest BCUT2D eigenvalue weighted by atomic mass is 32.2. The molecule has 0 radical (unpaired) electrons. The Morgan fingerprint density at radius 1 is 1.16 bits per heavy atom. The first kappa shape index (κ1) is 25.4. The first-order valence-corrected chi connectivity index (χ1v) is 14.9. The van der Waals surface area contributed by atoms with Crippen LogP contribution in [-0.2, 0) is 16.6 Å². The van der Waals surface area contributed by atoms with Crippen LogP contribution >= 0.6 is 11.8 Å². The van der Waals surface area contributed by atoms with Gasteiger partial charge in [-0.2, -0.15) is 0 Å². The van der Waals surface area contributed by atoms with Crippen LogP contribution in [0, 0.1) is 11.3 Å². The number of hydrogen-bond acceptors (Lipinski definition) is 5. The molecule has 2 aromatic carbocycles. The Bertz CT molecular complexity index is 1510. The van der Waals surface area contributed by atoms with Crippen LogP contribution in [-0.4, -0.2) is 38.4 Å². The number of carbonyl (C=O) groups is 1. The van der Waals surface area contributed by atoms with Crippen molar-refractivity contribution in [2.24, 2.45) is 11.3 Å². The van der Waals surface area contributed by atoms with Crippen molar-refractivity contribution >= 4 is 39.7 Å². The van der Waals surface area contributed by atoms with Gasteiger partial charge in [-0.15, -0.1) is 10.2 Å². The van der Waals surface area contributed by atoms with E-state index in [4.69, 9.17) is 0 Å². The number of thioether (sulfide) groups is 1. The van der Waals surface area contributed by atoms with Gasteiger partial charge in [0, 0.05) is 17.4 Å². The zero-order chi connectivity index (χ0) is 26.5. The monoisotopic (exact) mass is 527 g/mol. The summed E-state index contributed by atoms with van der Waals surface area (Å²) in [4.78, 5) is 20.8. The number of rotatable bonds is 6. The zero-order valence-electron chi connectivity index (χ0n) is 22.8. The maximum absolute atomic E-state index is 12.9. The van der Waals surface area contributed by atoms with Gasteiger partial charge in [0.1, 0.15) is 5.52 Å². The van der Waals surface area contributed by atoms with Gasteiger partial charge >= 0.3 is 0 Å². The Morgan fingerprint density at radius 2 is 2.00 bits per heavy atom. The highest BCUT2D eigenvalue weighted by Gasteiger charge is 2.51. The number of hydrogen-bond donors (Lipinski definition) is 2. The molecule has 0 saturated heterocycles. The van der Waals surface area contributed by atoms with Gasteiger partial charge in [0.15, 0.2) is 5.65 Å². The minimum atomic E-state index is 0.0293. The number of amides is 1. The van der Waals surface area contributed by atoms with Crippen molar-refractivity contribution in [3.8, 4) is 0 Å². The van der Waals surface area contributed by atoms with E-state index in [1.807, 2.05) is 24.3 Å². The second kappa shape index (κ2) is 9.67. The topological polar surface area (TPSA) is 83.6 Å². The van der Waals surface area contributed by atoms with E-state index in [9.17, 15) is 4.79 Å². The fourth-order valence-electron chi connectivity index (χ4n) is 7.26. The molecule has 4 aromatic rings. The minimum absolute atomic E-state index is 0.0293. The number of aryl methyl sites for hydroxylation is 1. The lowest BCUT2D eigenvalue weighted by Crippen LogP contribution is -2.53. The lowest BCUT2D eigenvalue weighted by Gasteiger charge is -2.55. The molecule has 0 spiro atoms. The van der Waals surface area contributed by atoms with Crippen molar-refractivity contribution in [1.29, 1.82) is 0 Å². The summed E-state index contributed by atoms with van der Waals surface area (Å²) >= 11 is 1.34. The SMILES string of the molecule is CC(C)c1ccc2c(c1)CCC1C(C)(CNC(=O)CSc3nnc4c(n3)[nH]c3ccccc34)CCCC21C. The molecule has 1 fully saturated rings. The van der Waals surface area contributed by atoms with Crippen molar-refractivity contribution in [3.63, 3.8) is 0 Å². The van der Waals surface area contributed by atoms with Crippen LogP contribution in [0.15, 0.2) is 47.6 Å². The molecule has 6 nitrogen and oxygen atoms in total. The molecule has 7 heteroatoms. The molecule has 3 unspecified atom stereocenters. The molecule has 2 aromatic heterocycles. The number of fused-ring (bicyclic) bond motifs is 6. The molecule has 1 saturated carbocycles. The molecule has 1 amide bonds. The summed E-state index contributed by atoms with van der Waals surface area (Å²) in [5, 5.41) is 13.4. The Hall–Kier alpha value is -2.93. The molecule has 0 bridgehead atoms. The van der Waals surface area contributed by atoms with E-state index in [2.05, 4.69) is 71.4 Å². The number of H-pyrrole nitrogens is 1. The van der Waals surface area contributed by atoms with E-state index in [1.165, 1.54) is 36.6 Å². The van der Waals surface area contributed by atoms with Crippen LogP contribution in [0.5, 0.6) is 0 Å². The van der Waals surface area contributed by atoms with Gasteiger partial charge in [0.05, 0.1) is 5.75 Å². The highest BCUT2D eigenvalue weighted by Crippen LogP contribution is 2.57. The Morgan fingerprint density at radius 3 is 2.84 bits per heavy atom. The van der Waals surface area contributed by atoms with Crippen molar-refractivity contribution in [1.82, 2.24) is 25.5 Å². The Labute approximate surface area is 228 Å². The minimum Gasteiger partial charge on any atom is -0.355 e. The number of benzene rings is 2. The predicted molar refractivity (Wildman–Crippen MR) is 155 cm³/mol. The molecule has 2 aliphatic rings. The predicted octanol–water partition coefficient (Wildman–Crippen LogP) is 6.55. The van der Waals surface area contributed by atoms with Crippen LogP contribution in [0.2, 0.25) is 0 Å². The number of carbonyl (C=O) groups excluding carboxylic acids is 1. The first-order valence-electron chi connectivity index (χ1n) is 13.9. The van der Waals surface area contributed by atoms with Crippen molar-refractivity contribution in [2.45, 2.75) is 76.3 Å². The summed E-state index contributed by atoms with van der Waals surface area (Å²) < 4.78 is 0. The molecular weight excluding hydrogens is 490 g/mol. The molecule has 2 heterocycles. The third-order valence-corrected chi connectivity index (χ3v) is 10.1. The number of nitrogens with one attached hydrogen (secondary N) is 2. The average Bonchev–Trinajstić information content (AvgIpc) is 3.28. The van der Waals surface area contributed by atoms with Gasteiger partial charge in [-0.25, -0.2) is 4.98 Å². The second-order valence-corrected chi connectivity index (χ2v) is 13.1. The fraction of sp³-hybridized carbons (Fsp3) is 0.484. The number of para-hydroxylation sites is 1. The molecule has 38 heavy (non-hydrogen) atoms. The Balaban J connectivity index is 1.12. The van der Waals surface area contributed by atoms with Gasteiger partial charge < -0.3 is 10.3 Å². The van der Waals surface area contributed by atoms with Crippen molar-refractivity contribution in [3.05, 3.63) is 59.2 Å². The summed E-state index contributed by atoms with van der Waals surface area (Å²) in [6.07, 6.45) is 5.91. The molecular formula is C31H37N5OS. The van der Waals surface area contributed by atoms with E-state index in [-0.39, 0.29) is 22.5 Å². The van der Waals surface area contributed by atoms with Crippen LogP contribution in [0.3, 0.4) is 0 Å². The second-order valence-electron chi connectivity index (χ2n) is 12.1. The third kappa shape index (κ3) is 4.39. The molecule has 0 aliphatic heterocycles.